The van der Waals surface area contributed by atoms with Gasteiger partial charge in [0.1, 0.15) is 6.61 Å². The zero-order valence-electron chi connectivity index (χ0n) is 26.0. The van der Waals surface area contributed by atoms with Gasteiger partial charge in [0, 0.05) is 18.5 Å². The van der Waals surface area contributed by atoms with Crippen molar-refractivity contribution in [2.75, 3.05) is 6.54 Å². The van der Waals surface area contributed by atoms with Crippen LogP contribution in [0.5, 0.6) is 0 Å². The summed E-state index contributed by atoms with van der Waals surface area (Å²) in [6, 6.07) is 25.5. The maximum atomic E-state index is 13.8. The monoisotopic (exact) mass is 597 g/mol. The third-order valence-corrected chi connectivity index (χ3v) is 13.4. The zero-order chi connectivity index (χ0) is 30.6. The number of piperidine rings is 1. The van der Waals surface area contributed by atoms with Crippen molar-refractivity contribution < 1.29 is 18.8 Å². The first-order chi connectivity index (χ1) is 20.5. The van der Waals surface area contributed by atoms with Gasteiger partial charge in [0.2, 0.25) is 0 Å². The maximum Gasteiger partial charge on any atom is 0.410 e. The van der Waals surface area contributed by atoms with Gasteiger partial charge in [0.25, 0.3) is 0 Å². The number of ketones is 1. The van der Waals surface area contributed by atoms with Crippen LogP contribution < -0.4 is 0 Å². The molecule has 0 unspecified atom stereocenters. The van der Waals surface area contributed by atoms with Crippen LogP contribution in [0.25, 0.3) is 22.2 Å². The number of para-hydroxylation sites is 1. The number of hydrogen-bond donors (Lipinski definition) is 0. The molecule has 0 N–H and O–H groups in total. The van der Waals surface area contributed by atoms with Gasteiger partial charge in [0.15, 0.2) is 14.1 Å². The lowest BCUT2D eigenvalue weighted by Gasteiger charge is -2.46. The van der Waals surface area contributed by atoms with Crippen LogP contribution in [-0.2, 0) is 27.1 Å². The molecule has 5 rings (SSSR count). The Morgan fingerprint density at radius 1 is 0.953 bits per heavy atom. The summed E-state index contributed by atoms with van der Waals surface area (Å²) in [6.45, 7) is 12.0. The molecule has 1 aromatic heterocycles. The molecule has 43 heavy (non-hydrogen) atoms. The summed E-state index contributed by atoms with van der Waals surface area (Å²) >= 11 is 0. The summed E-state index contributed by atoms with van der Waals surface area (Å²) < 4.78 is 14.6. The van der Waals surface area contributed by atoms with Crippen LogP contribution in [0.3, 0.4) is 0 Å². The molecule has 7 nitrogen and oxygen atoms in total. The number of ether oxygens (including phenoxy) is 1. The normalized spacial score (nSPS) is 17.7. The number of imidazole rings is 1. The predicted molar refractivity (Wildman–Crippen MR) is 173 cm³/mol. The lowest BCUT2D eigenvalue weighted by atomic mass is 9.95. The molecule has 1 saturated heterocycles. The molecule has 4 aromatic rings. The number of likely N-dealkylation sites (tertiary alicyclic amines) is 1. The Morgan fingerprint density at radius 2 is 1.65 bits per heavy atom. The Labute approximate surface area is 256 Å². The van der Waals surface area contributed by atoms with Crippen molar-refractivity contribution in [3.05, 3.63) is 90.8 Å². The molecule has 2 atom stereocenters. The van der Waals surface area contributed by atoms with Crippen LogP contribution in [0.4, 0.5) is 4.79 Å². The molecular formula is C35H43N3O4Si. The van der Waals surface area contributed by atoms with Crippen molar-refractivity contribution in [2.24, 2.45) is 0 Å². The SMILES string of the molecule is CC(C)(C)[Si](C)(C)O[C@H]1CCCN(C(=O)OCc2ccccc2)[C@@H]1CC(=O)Cn1cnc2c(-c3ccccc3)cccc21. The Kier molecular flexibility index (Phi) is 9.18. The van der Waals surface area contributed by atoms with Crippen molar-refractivity contribution in [3.63, 3.8) is 0 Å². The van der Waals surface area contributed by atoms with Crippen LogP contribution >= 0.6 is 0 Å². The van der Waals surface area contributed by atoms with Crippen molar-refractivity contribution in [2.45, 2.75) is 83.5 Å². The molecule has 0 aliphatic carbocycles. The highest BCUT2D eigenvalue weighted by Gasteiger charge is 2.44. The van der Waals surface area contributed by atoms with E-state index in [1.54, 1.807) is 11.2 Å². The number of amides is 1. The van der Waals surface area contributed by atoms with Crippen LogP contribution in [0, 0.1) is 0 Å². The number of nitrogens with zero attached hydrogens (tertiary/aromatic N) is 3. The van der Waals surface area contributed by atoms with E-state index in [2.05, 4.69) is 57.0 Å². The van der Waals surface area contributed by atoms with E-state index in [-0.39, 0.29) is 36.5 Å². The van der Waals surface area contributed by atoms with Crippen molar-refractivity contribution >= 4 is 31.2 Å². The molecule has 2 heterocycles. The molecule has 3 aromatic carbocycles. The Balaban J connectivity index is 1.37. The van der Waals surface area contributed by atoms with Gasteiger partial charge in [-0.25, -0.2) is 9.78 Å². The van der Waals surface area contributed by atoms with Crippen LogP contribution in [-0.4, -0.2) is 53.3 Å². The number of benzene rings is 3. The van der Waals surface area contributed by atoms with Crippen molar-refractivity contribution in [1.29, 1.82) is 0 Å². The van der Waals surface area contributed by atoms with Gasteiger partial charge in [0.05, 0.1) is 36.1 Å². The third-order valence-electron chi connectivity index (χ3n) is 8.93. The molecule has 1 fully saturated rings. The second-order valence-corrected chi connectivity index (χ2v) is 17.8. The quantitative estimate of drug-likeness (QED) is 0.184. The molecule has 0 radical (unpaired) electrons. The lowest BCUT2D eigenvalue weighted by Crippen LogP contribution is -2.56. The Morgan fingerprint density at radius 3 is 2.35 bits per heavy atom. The van der Waals surface area contributed by atoms with Gasteiger partial charge in [-0.2, -0.15) is 0 Å². The van der Waals surface area contributed by atoms with Gasteiger partial charge < -0.3 is 18.6 Å². The number of rotatable bonds is 9. The Bertz CT molecular complexity index is 1550. The molecular weight excluding hydrogens is 554 g/mol. The number of fused-ring (bicyclic) bond motifs is 1. The van der Waals surface area contributed by atoms with E-state index in [9.17, 15) is 9.59 Å². The third kappa shape index (κ3) is 7.08. The standard InChI is InChI=1S/C35H43N3O4Si/c1-35(2,3)43(4,5)42-32-20-13-21-38(34(40)41-24-26-14-8-6-9-15-26)31(32)22-28(39)23-37-25-36-33-29(18-12-19-30(33)37)27-16-10-7-11-17-27/h6-12,14-19,25,31-32H,13,20-24H2,1-5H3/t31-,32+/m1/s1. The average Bonchev–Trinajstić information content (AvgIpc) is 3.39. The van der Waals surface area contributed by atoms with E-state index in [1.165, 1.54) is 0 Å². The fourth-order valence-corrected chi connectivity index (χ4v) is 6.92. The number of aromatic nitrogens is 2. The minimum Gasteiger partial charge on any atom is -0.445 e. The van der Waals surface area contributed by atoms with E-state index in [0.717, 1.165) is 40.6 Å². The lowest BCUT2D eigenvalue weighted by molar-refractivity contribution is -0.122. The summed E-state index contributed by atoms with van der Waals surface area (Å²) in [6.07, 6.45) is 2.92. The summed E-state index contributed by atoms with van der Waals surface area (Å²) in [5.41, 5.74) is 4.82. The van der Waals surface area contributed by atoms with Crippen molar-refractivity contribution in [3.8, 4) is 11.1 Å². The van der Waals surface area contributed by atoms with Gasteiger partial charge in [-0.05, 0) is 48.2 Å². The predicted octanol–water partition coefficient (Wildman–Crippen LogP) is 7.85. The van der Waals surface area contributed by atoms with Gasteiger partial charge in [-0.15, -0.1) is 0 Å². The first-order valence-electron chi connectivity index (χ1n) is 15.2. The number of Topliss-reactive ketones (excluding diaryl/α,β-unsaturated/α-hetero) is 1. The van der Waals surface area contributed by atoms with E-state index >= 15 is 0 Å². The fraction of sp³-hybridized carbons (Fsp3) is 0.400. The number of hydrogen-bond acceptors (Lipinski definition) is 5. The summed E-state index contributed by atoms with van der Waals surface area (Å²) in [4.78, 5) is 33.7. The average molecular weight is 598 g/mol. The summed E-state index contributed by atoms with van der Waals surface area (Å²) in [7, 11) is -2.16. The van der Waals surface area contributed by atoms with Gasteiger partial charge >= 0.3 is 6.09 Å². The number of carbonyl (C=O) groups excluding carboxylic acids is 2. The molecule has 1 amide bonds. The highest BCUT2D eigenvalue weighted by molar-refractivity contribution is 6.74. The largest absolute Gasteiger partial charge is 0.445 e. The molecule has 1 aliphatic rings. The second-order valence-electron chi connectivity index (χ2n) is 13.0. The van der Waals surface area contributed by atoms with Crippen LogP contribution in [0.15, 0.2) is 85.2 Å². The first-order valence-corrected chi connectivity index (χ1v) is 18.1. The van der Waals surface area contributed by atoms with E-state index in [1.807, 2.05) is 65.2 Å². The fourth-order valence-electron chi connectivity index (χ4n) is 5.54. The van der Waals surface area contributed by atoms with E-state index in [4.69, 9.17) is 9.16 Å². The van der Waals surface area contributed by atoms with E-state index in [0.29, 0.717) is 6.54 Å². The molecule has 8 heteroatoms. The smallest absolute Gasteiger partial charge is 0.410 e. The topological polar surface area (TPSA) is 73.7 Å². The van der Waals surface area contributed by atoms with Crippen molar-refractivity contribution in [1.82, 2.24) is 14.5 Å². The van der Waals surface area contributed by atoms with Crippen LogP contribution in [0.1, 0.15) is 45.6 Å². The molecule has 1 aliphatic heterocycles. The number of carbonyl (C=O) groups is 2. The maximum absolute atomic E-state index is 13.8. The highest BCUT2D eigenvalue weighted by atomic mass is 28.4. The highest BCUT2D eigenvalue weighted by Crippen LogP contribution is 2.39. The minimum absolute atomic E-state index is 0.00381. The second kappa shape index (κ2) is 12.9. The van der Waals surface area contributed by atoms with Gasteiger partial charge in [-0.1, -0.05) is 93.6 Å². The van der Waals surface area contributed by atoms with Gasteiger partial charge in [-0.3, -0.25) is 4.79 Å². The Hall–Kier alpha value is -3.75. The zero-order valence-corrected chi connectivity index (χ0v) is 27.0. The summed E-state index contributed by atoms with van der Waals surface area (Å²) in [5, 5.41) is 0.00381. The molecule has 0 saturated carbocycles. The first kappa shape index (κ1) is 30.7. The summed E-state index contributed by atoms with van der Waals surface area (Å²) in [5.74, 6) is 0.0287. The minimum atomic E-state index is -2.16. The molecule has 226 valence electrons. The van der Waals surface area contributed by atoms with E-state index < -0.39 is 20.5 Å². The van der Waals surface area contributed by atoms with Crippen LogP contribution in [0.2, 0.25) is 18.1 Å². The molecule has 0 bridgehead atoms. The molecule has 0 spiro atoms.